The van der Waals surface area contributed by atoms with E-state index in [4.69, 9.17) is 9.47 Å². The number of ether oxygens (including phenoxy) is 2. The van der Waals surface area contributed by atoms with Gasteiger partial charge in [0.2, 0.25) is 0 Å². The van der Waals surface area contributed by atoms with Crippen molar-refractivity contribution in [2.24, 2.45) is 5.92 Å². The zero-order valence-corrected chi connectivity index (χ0v) is 14.5. The number of fused-ring (bicyclic) bond motifs is 1. The van der Waals surface area contributed by atoms with Crippen LogP contribution < -0.4 is 0 Å². The number of nitrogens with zero attached hydrogens (tertiary/aromatic N) is 3. The predicted octanol–water partition coefficient (Wildman–Crippen LogP) is 2.67. The van der Waals surface area contributed by atoms with Gasteiger partial charge in [-0.15, -0.1) is 0 Å². The van der Waals surface area contributed by atoms with Crippen LogP contribution in [-0.2, 0) is 22.6 Å². The molecule has 2 aromatic heterocycles. The van der Waals surface area contributed by atoms with Crippen LogP contribution in [0.4, 0.5) is 0 Å². The van der Waals surface area contributed by atoms with Gasteiger partial charge in [-0.1, -0.05) is 12.1 Å². The third kappa shape index (κ3) is 4.06. The molecule has 0 radical (unpaired) electrons. The van der Waals surface area contributed by atoms with Crippen LogP contribution in [0.1, 0.15) is 24.0 Å². The Hall–Kier alpha value is -1.82. The van der Waals surface area contributed by atoms with E-state index >= 15 is 0 Å². The Morgan fingerprint density at radius 3 is 2.64 bits per heavy atom. The lowest BCUT2D eigenvalue weighted by Gasteiger charge is -2.39. The first-order valence-corrected chi connectivity index (χ1v) is 9.11. The fraction of sp³-hybridized carbons (Fsp3) is 0.500. The van der Waals surface area contributed by atoms with Gasteiger partial charge in [-0.3, -0.25) is 14.9 Å². The third-order valence-corrected chi connectivity index (χ3v) is 5.27. The molecule has 25 heavy (non-hydrogen) atoms. The minimum absolute atomic E-state index is 0.291. The van der Waals surface area contributed by atoms with Crippen molar-refractivity contribution in [2.45, 2.75) is 38.1 Å². The Bertz CT molecular complexity index is 653. The molecule has 0 amide bonds. The van der Waals surface area contributed by atoms with E-state index in [0.717, 1.165) is 31.9 Å². The lowest BCUT2D eigenvalue weighted by atomic mass is 10.0. The van der Waals surface area contributed by atoms with E-state index in [1.165, 1.54) is 18.4 Å². The zero-order valence-electron chi connectivity index (χ0n) is 14.5. The first-order valence-electron chi connectivity index (χ1n) is 9.11. The minimum atomic E-state index is 0.291. The maximum Gasteiger partial charge on any atom is 0.0781 e. The van der Waals surface area contributed by atoms with Gasteiger partial charge in [0.15, 0.2) is 0 Å². The summed E-state index contributed by atoms with van der Waals surface area (Å²) >= 11 is 0. The monoisotopic (exact) mass is 339 g/mol. The second-order valence-electron chi connectivity index (χ2n) is 6.95. The lowest BCUT2D eigenvalue weighted by molar-refractivity contribution is -0.0891. The molecule has 1 aliphatic heterocycles. The second kappa shape index (κ2) is 8.04. The number of aromatic nitrogens is 2. The van der Waals surface area contributed by atoms with Crippen molar-refractivity contribution in [3.05, 3.63) is 60.2 Å². The highest BCUT2D eigenvalue weighted by Gasteiger charge is 2.42. The van der Waals surface area contributed by atoms with E-state index < -0.39 is 0 Å². The second-order valence-corrected chi connectivity index (χ2v) is 6.95. The van der Waals surface area contributed by atoms with Gasteiger partial charge in [-0.2, -0.15) is 0 Å². The molecule has 0 bridgehead atoms. The molecule has 0 N–H and O–H groups in total. The highest BCUT2D eigenvalue weighted by molar-refractivity contribution is 5.10. The summed E-state index contributed by atoms with van der Waals surface area (Å²) in [4.78, 5) is 10.9. The Kier molecular flexibility index (Phi) is 5.35. The topological polar surface area (TPSA) is 47.5 Å². The molecule has 1 saturated carbocycles. The minimum Gasteiger partial charge on any atom is -0.376 e. The number of hydrogen-bond donors (Lipinski definition) is 0. The van der Waals surface area contributed by atoms with Crippen LogP contribution in [0, 0.1) is 5.92 Å². The van der Waals surface area contributed by atoms with Crippen molar-refractivity contribution in [2.75, 3.05) is 19.8 Å². The molecule has 3 heterocycles. The smallest absolute Gasteiger partial charge is 0.0781 e. The lowest BCUT2D eigenvalue weighted by Crippen LogP contribution is -2.50. The zero-order chi connectivity index (χ0) is 16.9. The Morgan fingerprint density at radius 1 is 1.08 bits per heavy atom. The van der Waals surface area contributed by atoms with Gasteiger partial charge >= 0.3 is 0 Å². The first-order chi connectivity index (χ1) is 12.4. The van der Waals surface area contributed by atoms with Crippen LogP contribution in [-0.4, -0.2) is 46.8 Å². The number of rotatable bonds is 6. The molecular formula is C20H25N3O2. The average Bonchev–Trinajstić information content (AvgIpc) is 3.08. The molecule has 0 spiro atoms. The summed E-state index contributed by atoms with van der Waals surface area (Å²) in [7, 11) is 0. The highest BCUT2D eigenvalue weighted by Crippen LogP contribution is 2.35. The average molecular weight is 339 g/mol. The number of hydrogen-bond acceptors (Lipinski definition) is 5. The maximum absolute atomic E-state index is 6.14. The Labute approximate surface area is 149 Å². The largest absolute Gasteiger partial charge is 0.376 e. The van der Waals surface area contributed by atoms with Gasteiger partial charge in [0.05, 0.1) is 25.9 Å². The van der Waals surface area contributed by atoms with Crippen LogP contribution in [0.2, 0.25) is 0 Å². The van der Waals surface area contributed by atoms with Gasteiger partial charge in [-0.05, 0) is 36.1 Å². The summed E-state index contributed by atoms with van der Waals surface area (Å²) in [5, 5.41) is 0. The summed E-state index contributed by atoms with van der Waals surface area (Å²) in [5.41, 5.74) is 2.40. The fourth-order valence-electron chi connectivity index (χ4n) is 4.05. The molecule has 5 heteroatoms. The Morgan fingerprint density at radius 2 is 1.88 bits per heavy atom. The summed E-state index contributed by atoms with van der Waals surface area (Å²) in [6.07, 6.45) is 10.1. The van der Waals surface area contributed by atoms with E-state index in [1.54, 1.807) is 6.20 Å². The molecule has 3 atom stereocenters. The quantitative estimate of drug-likeness (QED) is 0.810. The molecule has 0 unspecified atom stereocenters. The molecule has 2 aliphatic rings. The van der Waals surface area contributed by atoms with E-state index in [2.05, 4.69) is 27.0 Å². The van der Waals surface area contributed by atoms with E-state index in [0.29, 0.717) is 24.7 Å². The van der Waals surface area contributed by atoms with E-state index in [9.17, 15) is 0 Å². The first kappa shape index (κ1) is 16.6. The number of pyridine rings is 2. The van der Waals surface area contributed by atoms with Gasteiger partial charge < -0.3 is 9.47 Å². The van der Waals surface area contributed by atoms with E-state index in [-0.39, 0.29) is 0 Å². The molecule has 2 aromatic rings. The van der Waals surface area contributed by atoms with Crippen molar-refractivity contribution in [3.63, 3.8) is 0 Å². The van der Waals surface area contributed by atoms with Crippen LogP contribution in [0.15, 0.2) is 49.1 Å². The van der Waals surface area contributed by atoms with Gasteiger partial charge in [0.25, 0.3) is 0 Å². The highest BCUT2D eigenvalue weighted by atomic mass is 16.5. The standard InChI is InChI=1S/C20H25N3O2/c1-3-16(11-21-7-1)13-23-9-10-25-20-18(5-6-19(20)23)15-24-14-17-4-2-8-22-12-17/h1-4,7-8,11-12,18-20H,5-6,9-10,13-15H2/t18-,19+,20+/m0/s1. The maximum atomic E-state index is 6.14. The van der Waals surface area contributed by atoms with Crippen LogP contribution in [0.25, 0.3) is 0 Å². The fourth-order valence-corrected chi connectivity index (χ4v) is 4.05. The van der Waals surface area contributed by atoms with Crippen molar-refractivity contribution in [3.8, 4) is 0 Å². The van der Waals surface area contributed by atoms with Crippen molar-refractivity contribution in [1.82, 2.24) is 14.9 Å². The van der Waals surface area contributed by atoms with Crippen LogP contribution in [0.5, 0.6) is 0 Å². The van der Waals surface area contributed by atoms with Crippen molar-refractivity contribution < 1.29 is 9.47 Å². The van der Waals surface area contributed by atoms with Crippen molar-refractivity contribution in [1.29, 1.82) is 0 Å². The molecule has 1 saturated heterocycles. The van der Waals surface area contributed by atoms with Crippen LogP contribution in [0.3, 0.4) is 0 Å². The van der Waals surface area contributed by atoms with Gasteiger partial charge in [-0.25, -0.2) is 0 Å². The normalized spacial score (nSPS) is 26.5. The molecule has 4 rings (SSSR count). The summed E-state index contributed by atoms with van der Waals surface area (Å²) in [6.45, 7) is 4.15. The van der Waals surface area contributed by atoms with Gasteiger partial charge in [0, 0.05) is 49.8 Å². The molecule has 0 aromatic carbocycles. The molecule has 2 fully saturated rings. The SMILES string of the molecule is c1cncc(COC[C@@H]2CC[C@@H]3[C@@H]2OCCN3Cc2cccnc2)c1. The van der Waals surface area contributed by atoms with Gasteiger partial charge in [0.1, 0.15) is 0 Å². The summed E-state index contributed by atoms with van der Waals surface area (Å²) in [5.74, 6) is 0.485. The van der Waals surface area contributed by atoms with Crippen molar-refractivity contribution >= 4 is 0 Å². The summed E-state index contributed by atoms with van der Waals surface area (Å²) < 4.78 is 12.1. The molecule has 1 aliphatic carbocycles. The van der Waals surface area contributed by atoms with Crippen LogP contribution >= 0.6 is 0 Å². The predicted molar refractivity (Wildman–Crippen MR) is 94.8 cm³/mol. The Balaban J connectivity index is 1.31. The van der Waals surface area contributed by atoms with E-state index in [1.807, 2.05) is 30.7 Å². The third-order valence-electron chi connectivity index (χ3n) is 5.27. The summed E-state index contributed by atoms with van der Waals surface area (Å²) in [6, 6.07) is 8.67. The molecular weight excluding hydrogens is 314 g/mol. The molecule has 5 nitrogen and oxygen atoms in total. The molecule has 132 valence electrons. The number of morpholine rings is 1.